The van der Waals surface area contributed by atoms with Crippen molar-refractivity contribution < 1.29 is 9.53 Å². The molecule has 4 rings (SSSR count). The molecular weight excluding hydrogens is 264 g/mol. The number of carbonyl (C=O) groups is 1. The van der Waals surface area contributed by atoms with E-state index in [0.29, 0.717) is 5.90 Å². The number of cyclic esters (lactones) is 1. The van der Waals surface area contributed by atoms with Gasteiger partial charge in [0.1, 0.15) is 5.66 Å². The maximum absolute atomic E-state index is 11.9. The molecule has 1 fully saturated rings. The van der Waals surface area contributed by atoms with Crippen molar-refractivity contribution in [2.75, 3.05) is 0 Å². The van der Waals surface area contributed by atoms with Crippen LogP contribution in [0.5, 0.6) is 0 Å². The van der Waals surface area contributed by atoms with E-state index in [4.69, 9.17) is 4.74 Å². The Hall–Kier alpha value is -2.62. The third kappa shape index (κ3) is 2.09. The minimum Gasteiger partial charge on any atom is -0.391 e. The summed E-state index contributed by atoms with van der Waals surface area (Å²) in [5, 5.41) is 2.87. The Bertz CT molecular complexity index is 712. The summed E-state index contributed by atoms with van der Waals surface area (Å²) in [6, 6.07) is 19.7. The monoisotopic (exact) mass is 278 g/mol. The number of hydrogen-bond acceptors (Lipinski definition) is 3. The van der Waals surface area contributed by atoms with Gasteiger partial charge < -0.3 is 4.74 Å². The van der Waals surface area contributed by atoms with Crippen molar-refractivity contribution in [3.05, 3.63) is 71.8 Å². The van der Waals surface area contributed by atoms with Crippen LogP contribution in [0.1, 0.15) is 23.5 Å². The van der Waals surface area contributed by atoms with E-state index in [1.54, 1.807) is 0 Å². The maximum atomic E-state index is 11.9. The number of hydrogen-bond donors (Lipinski definition) is 1. The molecule has 2 aromatic carbocycles. The first kappa shape index (κ1) is 12.1. The highest BCUT2D eigenvalue weighted by molar-refractivity contribution is 6.02. The van der Waals surface area contributed by atoms with Crippen LogP contribution in [0.3, 0.4) is 0 Å². The summed E-state index contributed by atoms with van der Waals surface area (Å²) in [6.07, 6.45) is 0.380. The normalized spacial score (nSPS) is 26.8. The van der Waals surface area contributed by atoms with E-state index in [9.17, 15) is 4.79 Å². The van der Waals surface area contributed by atoms with E-state index in [1.165, 1.54) is 5.56 Å². The summed E-state index contributed by atoms with van der Waals surface area (Å²) >= 11 is 0. The predicted octanol–water partition coefficient (Wildman–Crippen LogP) is 3.06. The van der Waals surface area contributed by atoms with Crippen LogP contribution in [0.2, 0.25) is 0 Å². The van der Waals surface area contributed by atoms with Crippen LogP contribution in [0.4, 0.5) is 4.79 Å². The standard InChI is InChI=1S/C17H14N2O2/c20-16-19-17(11-14(17)12-7-3-1-4-8-12)18-15(21-16)13-9-5-2-6-10-13/h1-10,14H,11H2,(H,19,20). The summed E-state index contributed by atoms with van der Waals surface area (Å²) in [5.41, 5.74) is 1.48. The Kier molecular flexibility index (Phi) is 2.57. The molecule has 104 valence electrons. The van der Waals surface area contributed by atoms with Gasteiger partial charge in [0.15, 0.2) is 0 Å². The number of nitrogens with zero attached hydrogens (tertiary/aromatic N) is 1. The first-order valence-electron chi connectivity index (χ1n) is 6.97. The fourth-order valence-electron chi connectivity index (χ4n) is 2.82. The van der Waals surface area contributed by atoms with Crippen LogP contribution in [-0.2, 0) is 4.74 Å². The third-order valence-electron chi connectivity index (χ3n) is 3.96. The highest BCUT2D eigenvalue weighted by Crippen LogP contribution is 2.53. The molecule has 0 bridgehead atoms. The van der Waals surface area contributed by atoms with Gasteiger partial charge in [0.25, 0.3) is 0 Å². The molecule has 1 heterocycles. The molecule has 2 aromatic rings. The van der Waals surface area contributed by atoms with Gasteiger partial charge >= 0.3 is 6.09 Å². The number of nitrogens with one attached hydrogen (secondary N) is 1. The highest BCUT2D eigenvalue weighted by Gasteiger charge is 2.59. The van der Waals surface area contributed by atoms with Crippen molar-refractivity contribution in [2.24, 2.45) is 4.99 Å². The number of rotatable bonds is 2. The summed E-state index contributed by atoms with van der Waals surface area (Å²) < 4.78 is 5.23. The number of benzene rings is 2. The first-order chi connectivity index (χ1) is 10.3. The molecule has 2 aliphatic rings. The van der Waals surface area contributed by atoms with Crippen molar-refractivity contribution in [1.82, 2.24) is 5.32 Å². The quantitative estimate of drug-likeness (QED) is 0.918. The molecule has 1 saturated carbocycles. The molecule has 2 unspecified atom stereocenters. The molecule has 1 N–H and O–H groups in total. The third-order valence-corrected chi connectivity index (χ3v) is 3.96. The molecule has 0 aromatic heterocycles. The molecule has 1 aliphatic heterocycles. The minimum absolute atomic E-state index is 0.213. The van der Waals surface area contributed by atoms with E-state index in [0.717, 1.165) is 12.0 Å². The van der Waals surface area contributed by atoms with Gasteiger partial charge in [-0.3, -0.25) is 5.32 Å². The fraction of sp³-hybridized carbons (Fsp3) is 0.176. The van der Waals surface area contributed by atoms with Crippen molar-refractivity contribution in [2.45, 2.75) is 18.0 Å². The molecule has 4 heteroatoms. The van der Waals surface area contributed by atoms with Crippen LogP contribution in [0.25, 0.3) is 0 Å². The highest BCUT2D eigenvalue weighted by atomic mass is 16.6. The smallest absolute Gasteiger partial charge is 0.391 e. The number of amides is 1. The zero-order valence-corrected chi connectivity index (χ0v) is 11.3. The maximum Gasteiger partial charge on any atom is 0.415 e. The number of ether oxygens (including phenoxy) is 1. The average Bonchev–Trinajstić information content (AvgIpc) is 3.21. The number of carbonyl (C=O) groups excluding carboxylic acids is 1. The van der Waals surface area contributed by atoms with E-state index in [2.05, 4.69) is 22.4 Å². The van der Waals surface area contributed by atoms with Crippen LogP contribution >= 0.6 is 0 Å². The Labute approximate surface area is 122 Å². The second-order valence-electron chi connectivity index (χ2n) is 5.39. The molecule has 21 heavy (non-hydrogen) atoms. The van der Waals surface area contributed by atoms with Crippen molar-refractivity contribution in [3.8, 4) is 0 Å². The van der Waals surface area contributed by atoms with Gasteiger partial charge in [-0.2, -0.15) is 0 Å². The second-order valence-corrected chi connectivity index (χ2v) is 5.39. The lowest BCUT2D eigenvalue weighted by atomic mass is 10.1. The SMILES string of the molecule is O=C1NC2(CC2c2ccccc2)N=C(c2ccccc2)O1. The van der Waals surface area contributed by atoms with Crippen LogP contribution in [0.15, 0.2) is 65.7 Å². The van der Waals surface area contributed by atoms with Gasteiger partial charge in [-0.1, -0.05) is 48.5 Å². The summed E-state index contributed by atoms with van der Waals surface area (Å²) in [7, 11) is 0. The summed E-state index contributed by atoms with van der Waals surface area (Å²) in [6.45, 7) is 0. The van der Waals surface area contributed by atoms with E-state index in [-0.39, 0.29) is 5.92 Å². The lowest BCUT2D eigenvalue weighted by Crippen LogP contribution is -2.43. The molecule has 1 amide bonds. The zero-order chi connectivity index (χ0) is 14.3. The Morgan fingerprint density at radius 3 is 2.43 bits per heavy atom. The van der Waals surface area contributed by atoms with Crippen LogP contribution < -0.4 is 5.32 Å². The Balaban J connectivity index is 1.69. The molecule has 0 saturated heterocycles. The predicted molar refractivity (Wildman–Crippen MR) is 79.1 cm³/mol. The van der Waals surface area contributed by atoms with Gasteiger partial charge in [0, 0.05) is 17.9 Å². The second kappa shape index (κ2) is 4.45. The zero-order valence-electron chi connectivity index (χ0n) is 11.3. The van der Waals surface area contributed by atoms with E-state index >= 15 is 0 Å². The van der Waals surface area contributed by atoms with Gasteiger partial charge in [0.05, 0.1) is 0 Å². The summed E-state index contributed by atoms with van der Waals surface area (Å²) in [5.74, 6) is 0.614. The Morgan fingerprint density at radius 1 is 1.05 bits per heavy atom. The molecule has 4 nitrogen and oxygen atoms in total. The van der Waals surface area contributed by atoms with Crippen LogP contribution in [-0.4, -0.2) is 17.7 Å². The largest absolute Gasteiger partial charge is 0.415 e. The summed E-state index contributed by atoms with van der Waals surface area (Å²) in [4.78, 5) is 16.5. The fourth-order valence-corrected chi connectivity index (χ4v) is 2.82. The molecule has 1 aliphatic carbocycles. The number of aliphatic imine (C=N–C) groups is 1. The van der Waals surface area contributed by atoms with Gasteiger partial charge in [-0.25, -0.2) is 9.79 Å². The van der Waals surface area contributed by atoms with Crippen molar-refractivity contribution >= 4 is 12.0 Å². The molecule has 2 atom stereocenters. The lowest BCUT2D eigenvalue weighted by Gasteiger charge is -2.22. The topological polar surface area (TPSA) is 50.7 Å². The Morgan fingerprint density at radius 2 is 1.71 bits per heavy atom. The average molecular weight is 278 g/mol. The number of alkyl carbamates (subject to hydrolysis) is 1. The van der Waals surface area contributed by atoms with E-state index in [1.807, 2.05) is 48.5 Å². The van der Waals surface area contributed by atoms with Gasteiger partial charge in [-0.15, -0.1) is 0 Å². The van der Waals surface area contributed by atoms with Gasteiger partial charge in [0.2, 0.25) is 5.90 Å². The molecule has 1 spiro atoms. The van der Waals surface area contributed by atoms with Gasteiger partial charge in [-0.05, 0) is 17.7 Å². The van der Waals surface area contributed by atoms with Crippen LogP contribution in [0, 0.1) is 0 Å². The molecule has 0 radical (unpaired) electrons. The molecular formula is C17H14N2O2. The minimum atomic E-state index is -0.540. The van der Waals surface area contributed by atoms with E-state index < -0.39 is 11.8 Å². The first-order valence-corrected chi connectivity index (χ1v) is 6.97. The van der Waals surface area contributed by atoms with Crippen molar-refractivity contribution in [1.29, 1.82) is 0 Å². The lowest BCUT2D eigenvalue weighted by molar-refractivity contribution is 0.184. The van der Waals surface area contributed by atoms with Crippen molar-refractivity contribution in [3.63, 3.8) is 0 Å².